The second kappa shape index (κ2) is 8.27. The predicted molar refractivity (Wildman–Crippen MR) is 95.4 cm³/mol. The highest BCUT2D eigenvalue weighted by atomic mass is 32.2. The fourth-order valence-corrected chi connectivity index (χ4v) is 5.03. The zero-order valence-electron chi connectivity index (χ0n) is 14.6. The highest BCUT2D eigenvalue weighted by Gasteiger charge is 2.39. The molecule has 3 rings (SSSR count). The largest absolute Gasteiger partial charge is 0.352 e. The summed E-state index contributed by atoms with van der Waals surface area (Å²) in [5.41, 5.74) is 0. The van der Waals surface area contributed by atoms with Crippen molar-refractivity contribution < 1.29 is 13.2 Å². The molecule has 0 aromatic carbocycles. The first-order valence-corrected chi connectivity index (χ1v) is 10.7. The number of carbonyl (C=O) groups is 1. The molecule has 0 spiro atoms. The topological polar surface area (TPSA) is 79.4 Å². The van der Waals surface area contributed by atoms with Crippen molar-refractivity contribution in [3.63, 3.8) is 0 Å². The van der Waals surface area contributed by atoms with Crippen molar-refractivity contribution in [2.75, 3.05) is 6.54 Å². The lowest BCUT2D eigenvalue weighted by atomic mass is 9.97. The van der Waals surface area contributed by atoms with Crippen molar-refractivity contribution in [2.45, 2.75) is 74.8 Å². The molecule has 0 unspecified atom stereocenters. The van der Waals surface area contributed by atoms with Crippen molar-refractivity contribution in [3.8, 4) is 0 Å². The van der Waals surface area contributed by atoms with Gasteiger partial charge in [0.25, 0.3) is 0 Å². The van der Waals surface area contributed by atoms with Crippen LogP contribution in [-0.2, 0) is 14.8 Å². The molecule has 0 bridgehead atoms. The number of pyridine rings is 1. The van der Waals surface area contributed by atoms with Gasteiger partial charge in [-0.1, -0.05) is 32.1 Å². The number of hydrogen-bond acceptors (Lipinski definition) is 4. The normalized spacial score (nSPS) is 20.0. The molecular weight excluding hydrogens is 338 g/mol. The zero-order chi connectivity index (χ0) is 17.7. The van der Waals surface area contributed by atoms with E-state index in [1.54, 1.807) is 12.3 Å². The molecule has 0 saturated heterocycles. The molecule has 7 heteroatoms. The lowest BCUT2D eigenvalue weighted by molar-refractivity contribution is -0.122. The molecule has 1 amide bonds. The fraction of sp³-hybridized carbons (Fsp3) is 0.667. The van der Waals surface area contributed by atoms with Gasteiger partial charge in [0.2, 0.25) is 15.9 Å². The van der Waals surface area contributed by atoms with E-state index < -0.39 is 10.0 Å². The molecule has 6 nitrogen and oxygen atoms in total. The zero-order valence-corrected chi connectivity index (χ0v) is 15.4. The second-order valence-electron chi connectivity index (χ2n) is 7.08. The third-order valence-electron chi connectivity index (χ3n) is 4.96. The van der Waals surface area contributed by atoms with Crippen LogP contribution in [0.15, 0.2) is 29.4 Å². The van der Waals surface area contributed by atoms with Crippen LogP contribution in [0.2, 0.25) is 0 Å². The summed E-state index contributed by atoms with van der Waals surface area (Å²) >= 11 is 0. The fourth-order valence-electron chi connectivity index (χ4n) is 3.42. The maximum atomic E-state index is 12.8. The molecule has 1 aromatic heterocycles. The number of hydrogen-bond donors (Lipinski definition) is 1. The first-order chi connectivity index (χ1) is 12.1. The summed E-state index contributed by atoms with van der Waals surface area (Å²) in [5.74, 6) is -0.190. The van der Waals surface area contributed by atoms with E-state index >= 15 is 0 Å². The van der Waals surface area contributed by atoms with Gasteiger partial charge in [-0.3, -0.25) is 9.78 Å². The van der Waals surface area contributed by atoms with Crippen LogP contribution < -0.4 is 5.32 Å². The Labute approximate surface area is 150 Å². The molecule has 2 aliphatic carbocycles. The molecule has 25 heavy (non-hydrogen) atoms. The minimum Gasteiger partial charge on any atom is -0.352 e. The van der Waals surface area contributed by atoms with Crippen LogP contribution in [0.4, 0.5) is 0 Å². The van der Waals surface area contributed by atoms with Gasteiger partial charge >= 0.3 is 0 Å². The van der Waals surface area contributed by atoms with Gasteiger partial charge in [-0.05, 0) is 37.8 Å². The van der Waals surface area contributed by atoms with Crippen molar-refractivity contribution >= 4 is 15.9 Å². The SMILES string of the molecule is O=C(CN(C1CC1)S(=O)(=O)c1cccnc1)NC1CCCCCCC1. The molecule has 1 aromatic rings. The number of rotatable bonds is 6. The van der Waals surface area contributed by atoms with Crippen LogP contribution in [-0.4, -0.2) is 42.2 Å². The highest BCUT2D eigenvalue weighted by Crippen LogP contribution is 2.31. The van der Waals surface area contributed by atoms with E-state index in [1.807, 2.05) is 0 Å². The molecular formula is C18H27N3O3S. The van der Waals surface area contributed by atoms with Crippen molar-refractivity contribution in [1.29, 1.82) is 0 Å². The third-order valence-corrected chi connectivity index (χ3v) is 6.85. The van der Waals surface area contributed by atoms with Crippen molar-refractivity contribution in [3.05, 3.63) is 24.5 Å². The van der Waals surface area contributed by atoms with Crippen molar-refractivity contribution in [2.24, 2.45) is 0 Å². The van der Waals surface area contributed by atoms with Crippen LogP contribution in [0, 0.1) is 0 Å². The molecule has 138 valence electrons. The summed E-state index contributed by atoms with van der Waals surface area (Å²) in [4.78, 5) is 16.5. The molecule has 2 fully saturated rings. The quantitative estimate of drug-likeness (QED) is 0.840. The Hall–Kier alpha value is -1.47. The minimum atomic E-state index is -3.68. The summed E-state index contributed by atoms with van der Waals surface area (Å²) in [5, 5.41) is 3.06. The first kappa shape index (κ1) is 18.3. The van der Waals surface area contributed by atoms with Crippen LogP contribution in [0.1, 0.15) is 57.8 Å². The van der Waals surface area contributed by atoms with Gasteiger partial charge in [-0.2, -0.15) is 4.31 Å². The number of nitrogens with zero attached hydrogens (tertiary/aromatic N) is 2. The molecule has 0 aliphatic heterocycles. The van der Waals surface area contributed by atoms with E-state index in [0.29, 0.717) is 0 Å². The van der Waals surface area contributed by atoms with E-state index in [9.17, 15) is 13.2 Å². The smallest absolute Gasteiger partial charge is 0.245 e. The van der Waals surface area contributed by atoms with Crippen LogP contribution in [0.25, 0.3) is 0 Å². The van der Waals surface area contributed by atoms with Crippen LogP contribution in [0.3, 0.4) is 0 Å². The van der Waals surface area contributed by atoms with Crippen molar-refractivity contribution in [1.82, 2.24) is 14.6 Å². The van der Waals surface area contributed by atoms with E-state index in [1.165, 1.54) is 35.8 Å². The summed E-state index contributed by atoms with van der Waals surface area (Å²) in [6.07, 6.45) is 12.5. The number of nitrogens with one attached hydrogen (secondary N) is 1. The minimum absolute atomic E-state index is 0.0618. The lowest BCUT2D eigenvalue weighted by Crippen LogP contribution is -2.45. The molecule has 0 radical (unpaired) electrons. The van der Waals surface area contributed by atoms with Gasteiger partial charge < -0.3 is 5.32 Å². The first-order valence-electron chi connectivity index (χ1n) is 9.28. The Morgan fingerprint density at radius 1 is 1.12 bits per heavy atom. The Kier molecular flexibility index (Phi) is 6.06. The van der Waals surface area contributed by atoms with Gasteiger partial charge in [0, 0.05) is 24.5 Å². The third kappa shape index (κ3) is 5.01. The molecule has 1 heterocycles. The summed E-state index contributed by atoms with van der Waals surface area (Å²) in [6, 6.07) is 3.25. The average Bonchev–Trinajstić information content (AvgIpc) is 3.40. The van der Waals surface area contributed by atoms with Gasteiger partial charge in [-0.25, -0.2) is 8.42 Å². The molecule has 0 atom stereocenters. The number of aromatic nitrogens is 1. The number of carbonyl (C=O) groups excluding carboxylic acids is 1. The number of amides is 1. The maximum absolute atomic E-state index is 12.8. The standard InChI is InChI=1S/C18H27N3O3S/c22-18(20-15-7-4-2-1-3-5-8-15)14-21(16-10-11-16)25(23,24)17-9-6-12-19-13-17/h6,9,12-13,15-16H,1-5,7-8,10-11,14H2,(H,20,22). The van der Waals surface area contributed by atoms with E-state index in [0.717, 1.165) is 38.5 Å². The number of sulfonamides is 1. The summed E-state index contributed by atoms with van der Waals surface area (Å²) in [7, 11) is -3.68. The van der Waals surface area contributed by atoms with E-state index in [-0.39, 0.29) is 29.4 Å². The summed E-state index contributed by atoms with van der Waals surface area (Å²) < 4.78 is 27.0. The molecule has 1 N–H and O–H groups in total. The summed E-state index contributed by atoms with van der Waals surface area (Å²) in [6.45, 7) is -0.0988. The van der Waals surface area contributed by atoms with E-state index in [2.05, 4.69) is 10.3 Å². The Morgan fingerprint density at radius 3 is 2.40 bits per heavy atom. The average molecular weight is 365 g/mol. The van der Waals surface area contributed by atoms with Crippen LogP contribution in [0.5, 0.6) is 0 Å². The Balaban J connectivity index is 1.64. The monoisotopic (exact) mass is 365 g/mol. The highest BCUT2D eigenvalue weighted by molar-refractivity contribution is 7.89. The lowest BCUT2D eigenvalue weighted by Gasteiger charge is -2.24. The van der Waals surface area contributed by atoms with Crippen LogP contribution >= 0.6 is 0 Å². The molecule has 2 saturated carbocycles. The second-order valence-corrected chi connectivity index (χ2v) is 8.97. The Morgan fingerprint density at radius 2 is 1.80 bits per heavy atom. The van der Waals surface area contributed by atoms with Gasteiger partial charge in [0.15, 0.2) is 0 Å². The van der Waals surface area contributed by atoms with Gasteiger partial charge in [0.1, 0.15) is 4.90 Å². The predicted octanol–water partition coefficient (Wildman–Crippen LogP) is 2.46. The van der Waals surface area contributed by atoms with Gasteiger partial charge in [-0.15, -0.1) is 0 Å². The van der Waals surface area contributed by atoms with E-state index in [4.69, 9.17) is 0 Å². The molecule has 2 aliphatic rings. The Bertz CT molecular complexity index is 666. The maximum Gasteiger partial charge on any atom is 0.245 e. The van der Waals surface area contributed by atoms with Gasteiger partial charge in [0.05, 0.1) is 6.54 Å².